The maximum Gasteiger partial charge on any atom is 0.358 e. The molecule has 0 N–H and O–H groups in total. The van der Waals surface area contributed by atoms with E-state index in [9.17, 15) is 9.59 Å². The molecular weight excluding hydrogens is 314 g/mol. The highest BCUT2D eigenvalue weighted by Gasteiger charge is 2.26. The first-order chi connectivity index (χ1) is 11.7. The zero-order chi connectivity index (χ0) is 17.1. The number of nitrogens with zero attached hydrogens (tertiary/aromatic N) is 5. The summed E-state index contributed by atoms with van der Waals surface area (Å²) in [5.41, 5.74) is 0.652. The number of esters is 2. The molecule has 3 heterocycles. The Bertz CT molecular complexity index is 898. The van der Waals surface area contributed by atoms with Crippen molar-refractivity contribution in [1.29, 1.82) is 0 Å². The van der Waals surface area contributed by atoms with E-state index in [2.05, 4.69) is 15.2 Å². The lowest BCUT2D eigenvalue weighted by atomic mass is 10.2. The molecule has 24 heavy (non-hydrogen) atoms. The van der Waals surface area contributed by atoms with Crippen LogP contribution >= 0.6 is 0 Å². The Labute approximate surface area is 136 Å². The monoisotopic (exact) mass is 329 g/mol. The van der Waals surface area contributed by atoms with Crippen molar-refractivity contribution in [3.63, 3.8) is 0 Å². The van der Waals surface area contributed by atoms with Gasteiger partial charge in [0.1, 0.15) is 5.56 Å². The van der Waals surface area contributed by atoms with Gasteiger partial charge in [0.15, 0.2) is 17.2 Å². The quantitative estimate of drug-likeness (QED) is 0.650. The van der Waals surface area contributed by atoms with E-state index in [0.29, 0.717) is 11.5 Å². The van der Waals surface area contributed by atoms with E-state index in [1.54, 1.807) is 38.4 Å². The molecule has 0 spiro atoms. The number of carbonyl (C=O) groups is 2. The number of imidazole rings is 1. The Hall–Kier alpha value is -3.23. The predicted octanol–water partition coefficient (Wildman–Crippen LogP) is 1.27. The van der Waals surface area contributed by atoms with Crippen LogP contribution in [-0.2, 0) is 9.47 Å². The minimum atomic E-state index is -0.675. The molecule has 0 radical (unpaired) electrons. The van der Waals surface area contributed by atoms with Crippen LogP contribution in [0.2, 0.25) is 0 Å². The average Bonchev–Trinajstić information content (AvgIpc) is 3.21. The largest absolute Gasteiger partial charge is 0.462 e. The number of aromatic nitrogens is 5. The molecule has 3 aromatic rings. The highest BCUT2D eigenvalue weighted by molar-refractivity contribution is 6.02. The van der Waals surface area contributed by atoms with Gasteiger partial charge in [-0.3, -0.25) is 0 Å². The fourth-order valence-corrected chi connectivity index (χ4v) is 2.19. The standard InChI is InChI=1S/C15H15N5O4/c1-3-23-14(21)10-9-17-20(13(10)15(22)24-4-2)12-6-5-11-16-7-8-19(11)18-12/h5-9H,3-4H2,1-2H3. The van der Waals surface area contributed by atoms with Gasteiger partial charge in [0, 0.05) is 12.4 Å². The number of fused-ring (bicyclic) bond motifs is 1. The summed E-state index contributed by atoms with van der Waals surface area (Å²) in [4.78, 5) is 28.5. The summed E-state index contributed by atoms with van der Waals surface area (Å²) in [7, 11) is 0. The topological polar surface area (TPSA) is 101 Å². The number of rotatable bonds is 5. The normalized spacial score (nSPS) is 10.8. The molecule has 0 bridgehead atoms. The van der Waals surface area contributed by atoms with Gasteiger partial charge in [0.2, 0.25) is 0 Å². The van der Waals surface area contributed by atoms with Gasteiger partial charge in [-0.2, -0.15) is 5.10 Å². The highest BCUT2D eigenvalue weighted by Crippen LogP contribution is 2.16. The zero-order valence-corrected chi connectivity index (χ0v) is 13.2. The van der Waals surface area contributed by atoms with E-state index >= 15 is 0 Å². The van der Waals surface area contributed by atoms with Crippen molar-refractivity contribution in [2.24, 2.45) is 0 Å². The minimum Gasteiger partial charge on any atom is -0.462 e. The van der Waals surface area contributed by atoms with Crippen LogP contribution in [0.3, 0.4) is 0 Å². The summed E-state index contributed by atoms with van der Waals surface area (Å²) in [5, 5.41) is 8.43. The molecule has 9 nitrogen and oxygen atoms in total. The molecule has 0 aliphatic rings. The molecule has 9 heteroatoms. The number of hydrogen-bond donors (Lipinski definition) is 0. The van der Waals surface area contributed by atoms with Gasteiger partial charge in [-0.1, -0.05) is 0 Å². The van der Waals surface area contributed by atoms with Crippen molar-refractivity contribution in [3.05, 3.63) is 42.0 Å². The first-order valence-electron chi connectivity index (χ1n) is 7.38. The predicted molar refractivity (Wildman–Crippen MR) is 82.0 cm³/mol. The third kappa shape index (κ3) is 2.71. The van der Waals surface area contributed by atoms with Crippen molar-refractivity contribution in [1.82, 2.24) is 24.4 Å². The minimum absolute atomic E-state index is 0.0257. The molecule has 0 aliphatic heterocycles. The molecule has 0 amide bonds. The number of carbonyl (C=O) groups excluding carboxylic acids is 2. The van der Waals surface area contributed by atoms with E-state index in [4.69, 9.17) is 9.47 Å². The van der Waals surface area contributed by atoms with E-state index in [1.165, 1.54) is 15.4 Å². The molecule has 124 valence electrons. The molecule has 0 unspecified atom stereocenters. The fourth-order valence-electron chi connectivity index (χ4n) is 2.19. The summed E-state index contributed by atoms with van der Waals surface area (Å²) < 4.78 is 12.8. The number of hydrogen-bond acceptors (Lipinski definition) is 7. The van der Waals surface area contributed by atoms with Gasteiger partial charge in [0.05, 0.1) is 19.4 Å². The Balaban J connectivity index is 2.12. The molecule has 0 saturated carbocycles. The van der Waals surface area contributed by atoms with E-state index in [0.717, 1.165) is 0 Å². The van der Waals surface area contributed by atoms with Gasteiger partial charge in [0.25, 0.3) is 0 Å². The Morgan fingerprint density at radius 2 is 1.88 bits per heavy atom. The molecule has 0 fully saturated rings. The highest BCUT2D eigenvalue weighted by atomic mass is 16.5. The maximum atomic E-state index is 12.3. The Kier molecular flexibility index (Phi) is 4.23. The third-order valence-corrected chi connectivity index (χ3v) is 3.19. The van der Waals surface area contributed by atoms with Crippen molar-refractivity contribution in [2.45, 2.75) is 13.8 Å². The lowest BCUT2D eigenvalue weighted by Gasteiger charge is -2.08. The summed E-state index contributed by atoms with van der Waals surface area (Å²) in [6.07, 6.45) is 4.54. The second-order valence-corrected chi connectivity index (χ2v) is 4.68. The fraction of sp³-hybridized carbons (Fsp3) is 0.267. The maximum absolute atomic E-state index is 12.3. The van der Waals surface area contributed by atoms with Gasteiger partial charge >= 0.3 is 11.9 Å². The molecule has 0 atom stereocenters. The van der Waals surface area contributed by atoms with Gasteiger partial charge in [-0.25, -0.2) is 23.8 Å². The van der Waals surface area contributed by atoms with Crippen LogP contribution in [0.5, 0.6) is 0 Å². The Morgan fingerprint density at radius 3 is 2.62 bits per heavy atom. The molecule has 3 aromatic heterocycles. The zero-order valence-electron chi connectivity index (χ0n) is 13.2. The van der Waals surface area contributed by atoms with Crippen LogP contribution < -0.4 is 0 Å². The molecule has 0 saturated heterocycles. The second-order valence-electron chi connectivity index (χ2n) is 4.68. The SMILES string of the molecule is CCOC(=O)c1cnn(-c2ccc3nccn3n2)c1C(=O)OCC. The van der Waals surface area contributed by atoms with E-state index in [1.807, 2.05) is 0 Å². The lowest BCUT2D eigenvalue weighted by molar-refractivity contribution is 0.0472. The van der Waals surface area contributed by atoms with Crippen LogP contribution in [0.4, 0.5) is 0 Å². The molecular formula is C15H15N5O4. The summed E-state index contributed by atoms with van der Waals surface area (Å²) in [6, 6.07) is 3.37. The van der Waals surface area contributed by atoms with Gasteiger partial charge in [-0.05, 0) is 26.0 Å². The Morgan fingerprint density at radius 1 is 1.12 bits per heavy atom. The summed E-state index contributed by atoms with van der Waals surface area (Å²) in [6.45, 7) is 3.71. The van der Waals surface area contributed by atoms with E-state index in [-0.39, 0.29) is 24.5 Å². The van der Waals surface area contributed by atoms with E-state index < -0.39 is 11.9 Å². The number of ether oxygens (including phenoxy) is 2. The lowest BCUT2D eigenvalue weighted by Crippen LogP contribution is -2.18. The van der Waals surface area contributed by atoms with Crippen LogP contribution in [0.1, 0.15) is 34.7 Å². The van der Waals surface area contributed by atoms with Crippen molar-refractivity contribution in [3.8, 4) is 5.82 Å². The smallest absolute Gasteiger partial charge is 0.358 e. The third-order valence-electron chi connectivity index (χ3n) is 3.19. The van der Waals surface area contributed by atoms with Crippen molar-refractivity contribution in [2.75, 3.05) is 13.2 Å². The first kappa shape index (κ1) is 15.7. The second kappa shape index (κ2) is 6.49. The molecule has 0 aromatic carbocycles. The van der Waals surface area contributed by atoms with Crippen LogP contribution in [0, 0.1) is 0 Å². The molecule has 3 rings (SSSR count). The first-order valence-corrected chi connectivity index (χ1v) is 7.38. The van der Waals surface area contributed by atoms with Crippen molar-refractivity contribution < 1.29 is 19.1 Å². The summed E-state index contributed by atoms with van der Waals surface area (Å²) >= 11 is 0. The van der Waals surface area contributed by atoms with Gasteiger partial charge < -0.3 is 9.47 Å². The molecule has 0 aliphatic carbocycles. The van der Waals surface area contributed by atoms with Crippen LogP contribution in [-0.4, -0.2) is 49.5 Å². The summed E-state index contributed by atoms with van der Waals surface area (Å²) in [5.74, 6) is -0.972. The van der Waals surface area contributed by atoms with Crippen LogP contribution in [0.15, 0.2) is 30.7 Å². The van der Waals surface area contributed by atoms with Gasteiger partial charge in [-0.15, -0.1) is 5.10 Å². The van der Waals surface area contributed by atoms with Crippen LogP contribution in [0.25, 0.3) is 11.5 Å². The average molecular weight is 329 g/mol. The van der Waals surface area contributed by atoms with Crippen molar-refractivity contribution >= 4 is 17.6 Å².